The van der Waals surface area contributed by atoms with E-state index in [1.807, 2.05) is 38.5 Å². The van der Waals surface area contributed by atoms with E-state index in [1.165, 1.54) is 0 Å². The van der Waals surface area contributed by atoms with E-state index in [-0.39, 0.29) is 18.6 Å². The Morgan fingerprint density at radius 3 is 2.70 bits per heavy atom. The molecule has 0 aliphatic heterocycles. The fourth-order valence-corrected chi connectivity index (χ4v) is 2.10. The Morgan fingerprint density at radius 1 is 1.45 bits per heavy atom. The number of ether oxygens (including phenoxy) is 1. The molecule has 6 heteroatoms. The SMILES string of the molecule is Cc1cc(COC(=O)c2cc(N)cn2C(C)C)n(C)n1. The van der Waals surface area contributed by atoms with Crippen LogP contribution in [0, 0.1) is 6.92 Å². The van der Waals surface area contributed by atoms with Gasteiger partial charge in [-0.05, 0) is 32.9 Å². The molecular formula is C14H20N4O2. The van der Waals surface area contributed by atoms with E-state index in [2.05, 4.69) is 5.10 Å². The van der Waals surface area contributed by atoms with Crippen molar-refractivity contribution in [2.75, 3.05) is 5.73 Å². The molecule has 0 aliphatic carbocycles. The van der Waals surface area contributed by atoms with E-state index >= 15 is 0 Å². The van der Waals surface area contributed by atoms with Crippen LogP contribution < -0.4 is 5.73 Å². The second-order valence-electron chi connectivity index (χ2n) is 5.14. The van der Waals surface area contributed by atoms with Crippen LogP contribution in [0.3, 0.4) is 0 Å². The molecule has 0 radical (unpaired) electrons. The van der Waals surface area contributed by atoms with E-state index in [9.17, 15) is 4.79 Å². The zero-order valence-corrected chi connectivity index (χ0v) is 12.3. The molecule has 20 heavy (non-hydrogen) atoms. The van der Waals surface area contributed by atoms with Crippen LogP contribution in [-0.2, 0) is 18.4 Å². The second kappa shape index (κ2) is 5.40. The lowest BCUT2D eigenvalue weighted by Gasteiger charge is -2.12. The number of nitrogens with zero attached hydrogens (tertiary/aromatic N) is 3. The lowest BCUT2D eigenvalue weighted by atomic mass is 10.3. The molecule has 0 aliphatic rings. The first-order valence-electron chi connectivity index (χ1n) is 6.52. The van der Waals surface area contributed by atoms with Crippen LogP contribution in [0.25, 0.3) is 0 Å². The van der Waals surface area contributed by atoms with Gasteiger partial charge in [0.15, 0.2) is 0 Å². The molecule has 2 rings (SSSR count). The molecule has 0 unspecified atom stereocenters. The smallest absolute Gasteiger partial charge is 0.355 e. The molecule has 2 N–H and O–H groups in total. The molecule has 0 spiro atoms. The summed E-state index contributed by atoms with van der Waals surface area (Å²) < 4.78 is 8.85. The second-order valence-corrected chi connectivity index (χ2v) is 5.14. The molecule has 0 aromatic carbocycles. The minimum absolute atomic E-state index is 0.147. The van der Waals surface area contributed by atoms with Crippen molar-refractivity contribution in [3.8, 4) is 0 Å². The third-order valence-corrected chi connectivity index (χ3v) is 3.09. The number of aryl methyl sites for hydroxylation is 2. The molecular weight excluding hydrogens is 256 g/mol. The van der Waals surface area contributed by atoms with Crippen molar-refractivity contribution in [3.05, 3.63) is 35.4 Å². The van der Waals surface area contributed by atoms with Gasteiger partial charge >= 0.3 is 5.97 Å². The summed E-state index contributed by atoms with van der Waals surface area (Å²) in [5.41, 5.74) is 8.52. The number of aromatic nitrogens is 3. The summed E-state index contributed by atoms with van der Waals surface area (Å²) in [6.07, 6.45) is 1.75. The zero-order chi connectivity index (χ0) is 14.9. The van der Waals surface area contributed by atoms with E-state index < -0.39 is 0 Å². The molecule has 0 fully saturated rings. The van der Waals surface area contributed by atoms with E-state index in [0.717, 1.165) is 11.4 Å². The Balaban J connectivity index is 2.11. The predicted octanol–water partition coefficient (Wildman–Crippen LogP) is 2.05. The Hall–Kier alpha value is -2.24. The number of nitrogen functional groups attached to an aromatic ring is 1. The zero-order valence-electron chi connectivity index (χ0n) is 12.3. The molecule has 6 nitrogen and oxygen atoms in total. The molecule has 0 saturated heterocycles. The number of esters is 1. The summed E-state index contributed by atoms with van der Waals surface area (Å²) in [6.45, 7) is 6.07. The monoisotopic (exact) mass is 276 g/mol. The Morgan fingerprint density at radius 2 is 2.15 bits per heavy atom. The van der Waals surface area contributed by atoms with Crippen LogP contribution in [-0.4, -0.2) is 20.3 Å². The normalized spacial score (nSPS) is 11.1. The van der Waals surface area contributed by atoms with Crippen LogP contribution in [0.2, 0.25) is 0 Å². The molecule has 0 atom stereocenters. The first-order chi connectivity index (χ1) is 9.38. The topological polar surface area (TPSA) is 75.1 Å². The first-order valence-corrected chi connectivity index (χ1v) is 6.52. The van der Waals surface area contributed by atoms with Crippen LogP contribution in [0.1, 0.15) is 41.8 Å². The number of anilines is 1. The molecule has 2 aromatic rings. The maximum Gasteiger partial charge on any atom is 0.355 e. The summed E-state index contributed by atoms with van der Waals surface area (Å²) in [7, 11) is 1.82. The maximum atomic E-state index is 12.1. The van der Waals surface area contributed by atoms with E-state index in [1.54, 1.807) is 16.9 Å². The lowest BCUT2D eigenvalue weighted by Crippen LogP contribution is -2.14. The van der Waals surface area contributed by atoms with Gasteiger partial charge < -0.3 is 15.0 Å². The predicted molar refractivity (Wildman–Crippen MR) is 76.3 cm³/mol. The van der Waals surface area contributed by atoms with Crippen LogP contribution in [0.15, 0.2) is 18.3 Å². The van der Waals surface area contributed by atoms with Gasteiger partial charge in [-0.15, -0.1) is 0 Å². The highest BCUT2D eigenvalue weighted by molar-refractivity contribution is 5.89. The first kappa shape index (κ1) is 14.2. The highest BCUT2D eigenvalue weighted by Crippen LogP contribution is 2.18. The molecule has 108 valence electrons. The minimum Gasteiger partial charge on any atom is -0.455 e. The van der Waals surface area contributed by atoms with Gasteiger partial charge in [-0.3, -0.25) is 4.68 Å². The third-order valence-electron chi connectivity index (χ3n) is 3.09. The number of nitrogens with two attached hydrogens (primary N) is 1. The molecule has 2 heterocycles. The summed E-state index contributed by atoms with van der Waals surface area (Å²) >= 11 is 0. The summed E-state index contributed by atoms with van der Waals surface area (Å²) in [5.74, 6) is -0.380. The quantitative estimate of drug-likeness (QED) is 0.867. The maximum absolute atomic E-state index is 12.1. The highest BCUT2D eigenvalue weighted by Gasteiger charge is 2.17. The van der Waals surface area contributed by atoms with Crippen molar-refractivity contribution in [2.24, 2.45) is 7.05 Å². The van der Waals surface area contributed by atoms with E-state index in [0.29, 0.717) is 11.4 Å². The standard InChI is InChI=1S/C14H20N4O2/c1-9(2)18-7-11(15)6-13(18)14(19)20-8-12-5-10(3)16-17(12)4/h5-7,9H,8,15H2,1-4H3. The Kier molecular flexibility index (Phi) is 3.83. The van der Waals surface area contributed by atoms with Crippen molar-refractivity contribution >= 4 is 11.7 Å². The van der Waals surface area contributed by atoms with Crippen molar-refractivity contribution in [3.63, 3.8) is 0 Å². The van der Waals surface area contributed by atoms with Gasteiger partial charge in [-0.1, -0.05) is 0 Å². The average Bonchev–Trinajstić information content (AvgIpc) is 2.89. The van der Waals surface area contributed by atoms with E-state index in [4.69, 9.17) is 10.5 Å². The minimum atomic E-state index is -0.380. The summed E-state index contributed by atoms with van der Waals surface area (Å²) in [5, 5.41) is 4.21. The molecule has 2 aromatic heterocycles. The van der Waals surface area contributed by atoms with Gasteiger partial charge in [-0.2, -0.15) is 5.10 Å². The average molecular weight is 276 g/mol. The fraction of sp³-hybridized carbons (Fsp3) is 0.429. The Bertz CT molecular complexity index is 625. The van der Waals surface area contributed by atoms with Crippen molar-refractivity contribution in [2.45, 2.75) is 33.4 Å². The van der Waals surface area contributed by atoms with Crippen LogP contribution >= 0.6 is 0 Å². The van der Waals surface area contributed by atoms with Crippen LogP contribution in [0.4, 0.5) is 5.69 Å². The van der Waals surface area contributed by atoms with Crippen molar-refractivity contribution < 1.29 is 9.53 Å². The number of rotatable bonds is 4. The molecule has 0 bridgehead atoms. The molecule has 0 amide bonds. The van der Waals surface area contributed by atoms with Gasteiger partial charge in [-0.25, -0.2) is 4.79 Å². The van der Waals surface area contributed by atoms with Crippen molar-refractivity contribution in [1.82, 2.24) is 14.3 Å². The van der Waals surface area contributed by atoms with Crippen molar-refractivity contribution in [1.29, 1.82) is 0 Å². The number of carbonyl (C=O) groups excluding carboxylic acids is 1. The van der Waals surface area contributed by atoms with Gasteiger partial charge in [0, 0.05) is 19.3 Å². The van der Waals surface area contributed by atoms with Gasteiger partial charge in [0.1, 0.15) is 12.3 Å². The third kappa shape index (κ3) is 2.84. The summed E-state index contributed by atoms with van der Waals surface area (Å²) in [6, 6.07) is 3.67. The fourth-order valence-electron chi connectivity index (χ4n) is 2.10. The largest absolute Gasteiger partial charge is 0.455 e. The number of carbonyl (C=O) groups is 1. The summed E-state index contributed by atoms with van der Waals surface area (Å²) in [4.78, 5) is 12.1. The Labute approximate surface area is 118 Å². The highest BCUT2D eigenvalue weighted by atomic mass is 16.5. The number of hydrogen-bond acceptors (Lipinski definition) is 4. The lowest BCUT2D eigenvalue weighted by molar-refractivity contribution is 0.0449. The van der Waals surface area contributed by atoms with Gasteiger partial charge in [0.25, 0.3) is 0 Å². The van der Waals surface area contributed by atoms with Gasteiger partial charge in [0.05, 0.1) is 17.1 Å². The molecule has 0 saturated carbocycles. The van der Waals surface area contributed by atoms with Crippen LogP contribution in [0.5, 0.6) is 0 Å². The van der Waals surface area contributed by atoms with Gasteiger partial charge in [0.2, 0.25) is 0 Å². The number of hydrogen-bond donors (Lipinski definition) is 1.